The summed E-state index contributed by atoms with van der Waals surface area (Å²) in [6.45, 7) is 4.69. The monoisotopic (exact) mass is 819 g/mol. The fraction of sp³-hybridized carbons (Fsp3) is 0.0492. The zero-order valence-electron chi connectivity index (χ0n) is 35.5. The molecule has 0 saturated carbocycles. The summed E-state index contributed by atoms with van der Waals surface area (Å²) in [5.41, 5.74) is 18.6. The third-order valence-corrected chi connectivity index (χ3v) is 13.7. The molecule has 0 N–H and O–H groups in total. The highest BCUT2D eigenvalue weighted by Crippen LogP contribution is 2.51. The number of para-hydroxylation sites is 2. The Hall–Kier alpha value is -8.14. The van der Waals surface area contributed by atoms with E-state index in [2.05, 4.69) is 219 Å². The van der Waals surface area contributed by atoms with E-state index in [1.54, 1.807) is 0 Å². The highest BCUT2D eigenvalue weighted by molar-refractivity contribution is 6.20. The van der Waals surface area contributed by atoms with Crippen LogP contribution >= 0.6 is 0 Å². The van der Waals surface area contributed by atoms with Crippen LogP contribution in [0.4, 0.5) is 17.1 Å². The Bertz CT molecular complexity index is 3800. The Kier molecular flexibility index (Phi) is 7.95. The molecule has 0 atom stereocenters. The molecule has 3 nitrogen and oxygen atoms in total. The molecular weight excluding hydrogens is 779 g/mol. The van der Waals surface area contributed by atoms with Gasteiger partial charge in [0.15, 0.2) is 0 Å². The van der Waals surface area contributed by atoms with Gasteiger partial charge in [-0.1, -0.05) is 172 Å². The average Bonchev–Trinajstić information content (AvgIpc) is 4.00. The number of furan rings is 2. The van der Waals surface area contributed by atoms with Crippen LogP contribution in [0, 0.1) is 0 Å². The van der Waals surface area contributed by atoms with Crippen molar-refractivity contribution in [3.8, 4) is 44.5 Å². The molecule has 0 spiro atoms. The Labute approximate surface area is 371 Å². The molecule has 10 aromatic carbocycles. The van der Waals surface area contributed by atoms with E-state index in [4.69, 9.17) is 8.83 Å². The molecule has 0 radical (unpaired) electrons. The predicted octanol–water partition coefficient (Wildman–Crippen LogP) is 17.4. The molecule has 3 heteroatoms. The molecule has 1 aliphatic carbocycles. The minimum atomic E-state index is -0.131. The topological polar surface area (TPSA) is 29.5 Å². The SMILES string of the molecule is CC1(C)c2ccccc2-c2ccc(-c3cc(N(c4ccc(-c5ccccc5)cc4)c4ccc(-c5cccc6c5oc5ccccc56)cc4)c4c(c3)oc3c5ccccc5ccc34)cc21. The molecule has 64 heavy (non-hydrogen) atoms. The lowest BCUT2D eigenvalue weighted by molar-refractivity contribution is 0.660. The maximum Gasteiger partial charge on any atom is 0.143 e. The number of rotatable bonds is 6. The van der Waals surface area contributed by atoms with Crippen LogP contribution in [0.25, 0.3) is 99.2 Å². The van der Waals surface area contributed by atoms with Crippen LogP contribution in [-0.4, -0.2) is 0 Å². The molecule has 0 amide bonds. The molecule has 12 aromatic rings. The Morgan fingerprint density at radius 3 is 1.81 bits per heavy atom. The second kappa shape index (κ2) is 13.9. The number of anilines is 3. The molecule has 0 bridgehead atoms. The van der Waals surface area contributed by atoms with E-state index in [9.17, 15) is 0 Å². The summed E-state index contributed by atoms with van der Waals surface area (Å²) < 4.78 is 13.6. The van der Waals surface area contributed by atoms with Gasteiger partial charge in [0, 0.05) is 43.9 Å². The lowest BCUT2D eigenvalue weighted by Gasteiger charge is -2.27. The summed E-state index contributed by atoms with van der Waals surface area (Å²) in [5.74, 6) is 0. The van der Waals surface area contributed by atoms with E-state index in [1.165, 1.54) is 33.4 Å². The van der Waals surface area contributed by atoms with Gasteiger partial charge in [0.25, 0.3) is 0 Å². The molecule has 2 heterocycles. The smallest absolute Gasteiger partial charge is 0.143 e. The second-order valence-electron chi connectivity index (χ2n) is 17.6. The number of hydrogen-bond acceptors (Lipinski definition) is 3. The van der Waals surface area contributed by atoms with Gasteiger partial charge in [-0.05, 0) is 110 Å². The lowest BCUT2D eigenvalue weighted by atomic mass is 9.81. The molecule has 13 rings (SSSR count). The maximum atomic E-state index is 7.06. The highest BCUT2D eigenvalue weighted by atomic mass is 16.3. The van der Waals surface area contributed by atoms with Gasteiger partial charge < -0.3 is 13.7 Å². The van der Waals surface area contributed by atoms with Gasteiger partial charge in [0.2, 0.25) is 0 Å². The Balaban J connectivity index is 1.04. The van der Waals surface area contributed by atoms with Crippen LogP contribution in [0.2, 0.25) is 0 Å². The van der Waals surface area contributed by atoms with E-state index >= 15 is 0 Å². The standard InChI is InChI=1S/C61H41NO2/c1-61(2)53-21-10-8-17-48(53)49-33-28-42(35-54(49)61)43-36-55(58-52-34-27-40-15-6-7-16-46(40)60(52)64-57(58)37-43)62(44-29-23-39(24-30-44)38-13-4-3-5-14-38)45-31-25-41(26-32-45)47-19-12-20-51-50-18-9-11-22-56(50)63-59(47)51/h3-37H,1-2H3. The number of nitrogens with zero attached hydrogens (tertiary/aromatic N) is 1. The van der Waals surface area contributed by atoms with E-state index < -0.39 is 0 Å². The minimum absolute atomic E-state index is 0.131. The van der Waals surface area contributed by atoms with Gasteiger partial charge in [0.1, 0.15) is 22.3 Å². The largest absolute Gasteiger partial charge is 0.455 e. The summed E-state index contributed by atoms with van der Waals surface area (Å²) in [6, 6.07) is 76.6. The van der Waals surface area contributed by atoms with Crippen LogP contribution < -0.4 is 4.90 Å². The average molecular weight is 820 g/mol. The zero-order valence-corrected chi connectivity index (χ0v) is 35.5. The second-order valence-corrected chi connectivity index (χ2v) is 17.6. The van der Waals surface area contributed by atoms with Gasteiger partial charge >= 0.3 is 0 Å². The first-order valence-electron chi connectivity index (χ1n) is 22.1. The Morgan fingerprint density at radius 1 is 0.359 bits per heavy atom. The number of fused-ring (bicyclic) bond motifs is 11. The van der Waals surface area contributed by atoms with E-state index in [0.29, 0.717) is 0 Å². The van der Waals surface area contributed by atoms with Crippen molar-refractivity contribution in [1.29, 1.82) is 0 Å². The Morgan fingerprint density at radius 2 is 0.984 bits per heavy atom. The fourth-order valence-electron chi connectivity index (χ4n) is 10.5. The zero-order chi connectivity index (χ0) is 42.5. The van der Waals surface area contributed by atoms with Gasteiger partial charge in [-0.2, -0.15) is 0 Å². The van der Waals surface area contributed by atoms with Crippen LogP contribution in [0.1, 0.15) is 25.0 Å². The van der Waals surface area contributed by atoms with E-state index in [0.717, 1.165) is 94.0 Å². The maximum absolute atomic E-state index is 7.06. The predicted molar refractivity (Wildman–Crippen MR) is 267 cm³/mol. The third-order valence-electron chi connectivity index (χ3n) is 13.7. The van der Waals surface area contributed by atoms with Gasteiger partial charge in [-0.25, -0.2) is 0 Å². The normalized spacial score (nSPS) is 13.0. The van der Waals surface area contributed by atoms with Crippen molar-refractivity contribution in [3.63, 3.8) is 0 Å². The van der Waals surface area contributed by atoms with Crippen molar-refractivity contribution in [2.24, 2.45) is 0 Å². The van der Waals surface area contributed by atoms with Gasteiger partial charge in [-0.3, -0.25) is 0 Å². The van der Waals surface area contributed by atoms with Gasteiger partial charge in [0.05, 0.1) is 11.1 Å². The molecule has 2 aromatic heterocycles. The van der Waals surface area contributed by atoms with Crippen molar-refractivity contribution in [2.45, 2.75) is 19.3 Å². The first kappa shape index (κ1) is 36.5. The first-order valence-corrected chi connectivity index (χ1v) is 22.1. The van der Waals surface area contributed by atoms with E-state index in [1.807, 2.05) is 12.1 Å². The van der Waals surface area contributed by atoms with Crippen molar-refractivity contribution in [1.82, 2.24) is 0 Å². The third kappa shape index (κ3) is 5.54. The van der Waals surface area contributed by atoms with Crippen LogP contribution in [0.3, 0.4) is 0 Å². The molecule has 0 unspecified atom stereocenters. The fourth-order valence-corrected chi connectivity index (χ4v) is 10.5. The summed E-state index contributed by atoms with van der Waals surface area (Å²) >= 11 is 0. The quantitative estimate of drug-likeness (QED) is 0.167. The van der Waals surface area contributed by atoms with Crippen LogP contribution in [0.15, 0.2) is 221 Å². The van der Waals surface area contributed by atoms with E-state index in [-0.39, 0.29) is 5.41 Å². The summed E-state index contributed by atoms with van der Waals surface area (Å²) in [6.07, 6.45) is 0. The minimum Gasteiger partial charge on any atom is -0.455 e. The van der Waals surface area contributed by atoms with Crippen LogP contribution in [0.5, 0.6) is 0 Å². The van der Waals surface area contributed by atoms with Crippen molar-refractivity contribution in [2.75, 3.05) is 4.90 Å². The summed E-state index contributed by atoms with van der Waals surface area (Å²) in [7, 11) is 0. The van der Waals surface area contributed by atoms with Crippen molar-refractivity contribution < 1.29 is 8.83 Å². The molecule has 0 fully saturated rings. The molecule has 1 aliphatic rings. The van der Waals surface area contributed by atoms with Crippen LogP contribution in [-0.2, 0) is 5.41 Å². The van der Waals surface area contributed by atoms with Crippen molar-refractivity contribution >= 4 is 71.7 Å². The lowest BCUT2D eigenvalue weighted by Crippen LogP contribution is -2.14. The molecule has 0 saturated heterocycles. The first-order chi connectivity index (χ1) is 31.5. The highest BCUT2D eigenvalue weighted by Gasteiger charge is 2.35. The van der Waals surface area contributed by atoms with Crippen molar-refractivity contribution in [3.05, 3.63) is 223 Å². The molecular formula is C61H41NO2. The number of benzene rings is 10. The molecule has 0 aliphatic heterocycles. The number of hydrogen-bond donors (Lipinski definition) is 0. The molecule has 302 valence electrons. The summed E-state index contributed by atoms with van der Waals surface area (Å²) in [5, 5.41) is 6.65. The van der Waals surface area contributed by atoms with Gasteiger partial charge in [-0.15, -0.1) is 0 Å². The summed E-state index contributed by atoms with van der Waals surface area (Å²) in [4.78, 5) is 2.41.